The highest BCUT2D eigenvalue weighted by atomic mass is 16.5. The first-order valence-corrected chi connectivity index (χ1v) is 2.94. The predicted octanol–water partition coefficient (Wildman–Crippen LogP) is -1.02. The summed E-state index contributed by atoms with van der Waals surface area (Å²) in [5.74, 6) is -0.529. The van der Waals surface area contributed by atoms with Crippen LogP contribution < -0.4 is 5.73 Å². The standard InChI is InChI=1S/C5H8N4O2/c1-11-5(10)4(6)3-2-7-9-8-3/h2,4H,6H2,1H3,(H,7,8,9). The van der Waals surface area contributed by atoms with Crippen LogP contribution in [0.25, 0.3) is 0 Å². The predicted molar refractivity (Wildman–Crippen MR) is 35.3 cm³/mol. The second kappa shape index (κ2) is 3.11. The number of carbonyl (C=O) groups is 1. The highest BCUT2D eigenvalue weighted by Crippen LogP contribution is 2.04. The number of hydrogen-bond donors (Lipinski definition) is 2. The highest BCUT2D eigenvalue weighted by Gasteiger charge is 2.18. The Morgan fingerprint density at radius 3 is 3.09 bits per heavy atom. The van der Waals surface area contributed by atoms with Gasteiger partial charge in [-0.1, -0.05) is 0 Å². The second-order valence-electron chi connectivity index (χ2n) is 1.90. The van der Waals surface area contributed by atoms with Crippen LogP contribution in [0.5, 0.6) is 0 Å². The lowest BCUT2D eigenvalue weighted by Gasteiger charge is -2.03. The van der Waals surface area contributed by atoms with Crippen LogP contribution in [0.3, 0.4) is 0 Å². The Morgan fingerprint density at radius 1 is 1.91 bits per heavy atom. The van der Waals surface area contributed by atoms with Crippen LogP contribution in [-0.2, 0) is 9.53 Å². The van der Waals surface area contributed by atoms with Gasteiger partial charge in [0.05, 0.1) is 13.3 Å². The minimum Gasteiger partial charge on any atom is -0.468 e. The van der Waals surface area contributed by atoms with E-state index in [4.69, 9.17) is 5.73 Å². The summed E-state index contributed by atoms with van der Waals surface area (Å²) in [4.78, 5) is 10.8. The Labute approximate surface area is 62.7 Å². The molecule has 0 aliphatic carbocycles. The summed E-state index contributed by atoms with van der Waals surface area (Å²) < 4.78 is 4.39. The third-order valence-electron chi connectivity index (χ3n) is 1.21. The molecule has 1 rings (SSSR count). The molecule has 0 saturated heterocycles. The van der Waals surface area contributed by atoms with Crippen molar-refractivity contribution in [1.29, 1.82) is 0 Å². The van der Waals surface area contributed by atoms with E-state index in [-0.39, 0.29) is 0 Å². The van der Waals surface area contributed by atoms with Crippen molar-refractivity contribution >= 4 is 5.97 Å². The van der Waals surface area contributed by atoms with Crippen molar-refractivity contribution in [2.24, 2.45) is 5.73 Å². The Morgan fingerprint density at radius 2 is 2.64 bits per heavy atom. The SMILES string of the molecule is COC(=O)C(N)c1cn[nH]n1. The molecule has 0 fully saturated rings. The van der Waals surface area contributed by atoms with Gasteiger partial charge in [-0.2, -0.15) is 15.4 Å². The van der Waals surface area contributed by atoms with E-state index in [1.54, 1.807) is 0 Å². The molecule has 0 aromatic carbocycles. The summed E-state index contributed by atoms with van der Waals surface area (Å²) in [7, 11) is 1.27. The number of methoxy groups -OCH3 is 1. The molecule has 1 aromatic rings. The molecular formula is C5H8N4O2. The lowest BCUT2D eigenvalue weighted by molar-refractivity contribution is -0.142. The van der Waals surface area contributed by atoms with E-state index >= 15 is 0 Å². The zero-order valence-electron chi connectivity index (χ0n) is 5.94. The number of nitrogens with two attached hydrogens (primary N) is 1. The molecule has 6 nitrogen and oxygen atoms in total. The molecule has 3 N–H and O–H groups in total. The molecule has 0 amide bonds. The lowest BCUT2D eigenvalue weighted by Crippen LogP contribution is -2.22. The fourth-order valence-corrected chi connectivity index (χ4v) is 0.608. The maximum absolute atomic E-state index is 10.8. The smallest absolute Gasteiger partial charge is 0.329 e. The first-order chi connectivity index (χ1) is 5.25. The van der Waals surface area contributed by atoms with E-state index in [1.165, 1.54) is 13.3 Å². The first-order valence-electron chi connectivity index (χ1n) is 2.94. The van der Waals surface area contributed by atoms with Gasteiger partial charge in [-0.15, -0.1) is 0 Å². The van der Waals surface area contributed by atoms with Crippen LogP contribution in [0.1, 0.15) is 11.7 Å². The van der Waals surface area contributed by atoms with Crippen molar-refractivity contribution in [2.75, 3.05) is 7.11 Å². The number of aromatic nitrogens is 3. The van der Waals surface area contributed by atoms with E-state index in [0.717, 1.165) is 0 Å². The summed E-state index contributed by atoms with van der Waals surface area (Å²) in [6.07, 6.45) is 1.38. The van der Waals surface area contributed by atoms with Crippen molar-refractivity contribution < 1.29 is 9.53 Å². The first kappa shape index (κ1) is 7.67. The van der Waals surface area contributed by atoms with Gasteiger partial charge in [0.1, 0.15) is 11.7 Å². The van der Waals surface area contributed by atoms with E-state index in [1.807, 2.05) is 0 Å². The molecule has 0 saturated carbocycles. The minimum absolute atomic E-state index is 0.372. The molecule has 0 bridgehead atoms. The molecular weight excluding hydrogens is 148 g/mol. The molecule has 11 heavy (non-hydrogen) atoms. The number of esters is 1. The minimum atomic E-state index is -0.848. The summed E-state index contributed by atoms with van der Waals surface area (Å²) in [5.41, 5.74) is 5.77. The summed E-state index contributed by atoms with van der Waals surface area (Å²) >= 11 is 0. The number of aromatic amines is 1. The number of H-pyrrole nitrogens is 1. The van der Waals surface area contributed by atoms with Gasteiger partial charge >= 0.3 is 5.97 Å². The summed E-state index contributed by atoms with van der Waals surface area (Å²) in [6, 6.07) is -0.848. The Kier molecular flexibility index (Phi) is 2.17. The maximum Gasteiger partial charge on any atom is 0.329 e. The number of nitrogens with zero attached hydrogens (tertiary/aromatic N) is 2. The summed E-state index contributed by atoms with van der Waals surface area (Å²) in [5, 5.41) is 9.46. The van der Waals surface area contributed by atoms with Gasteiger partial charge in [0.15, 0.2) is 0 Å². The second-order valence-corrected chi connectivity index (χ2v) is 1.90. The van der Waals surface area contributed by atoms with Gasteiger partial charge in [-0.3, -0.25) is 0 Å². The fourth-order valence-electron chi connectivity index (χ4n) is 0.608. The van der Waals surface area contributed by atoms with Crippen molar-refractivity contribution in [1.82, 2.24) is 15.4 Å². The largest absolute Gasteiger partial charge is 0.468 e. The van der Waals surface area contributed by atoms with Crippen molar-refractivity contribution in [3.8, 4) is 0 Å². The average Bonchev–Trinajstić information content (AvgIpc) is 2.53. The topological polar surface area (TPSA) is 93.9 Å². The van der Waals surface area contributed by atoms with Crippen molar-refractivity contribution in [3.05, 3.63) is 11.9 Å². The van der Waals surface area contributed by atoms with Crippen LogP contribution in [0.2, 0.25) is 0 Å². The molecule has 1 heterocycles. The van der Waals surface area contributed by atoms with Gasteiger partial charge in [-0.25, -0.2) is 4.79 Å². The Hall–Kier alpha value is -1.43. The van der Waals surface area contributed by atoms with Crippen LogP contribution in [0, 0.1) is 0 Å². The molecule has 60 valence electrons. The third-order valence-corrected chi connectivity index (χ3v) is 1.21. The molecule has 1 aromatic heterocycles. The van der Waals surface area contributed by atoms with Gasteiger partial charge < -0.3 is 10.5 Å². The molecule has 0 radical (unpaired) electrons. The monoisotopic (exact) mass is 156 g/mol. The molecule has 1 unspecified atom stereocenters. The number of ether oxygens (including phenoxy) is 1. The highest BCUT2D eigenvalue weighted by molar-refractivity contribution is 5.76. The summed E-state index contributed by atoms with van der Waals surface area (Å²) in [6.45, 7) is 0. The van der Waals surface area contributed by atoms with Crippen molar-refractivity contribution in [2.45, 2.75) is 6.04 Å². The third kappa shape index (κ3) is 1.53. The van der Waals surface area contributed by atoms with Crippen LogP contribution >= 0.6 is 0 Å². The number of nitrogens with one attached hydrogen (secondary N) is 1. The lowest BCUT2D eigenvalue weighted by atomic mass is 10.2. The van der Waals surface area contributed by atoms with E-state index in [0.29, 0.717) is 5.69 Å². The Balaban J connectivity index is 2.70. The van der Waals surface area contributed by atoms with E-state index < -0.39 is 12.0 Å². The number of rotatable bonds is 2. The van der Waals surface area contributed by atoms with Crippen LogP contribution in [-0.4, -0.2) is 28.5 Å². The van der Waals surface area contributed by atoms with Gasteiger partial charge in [-0.05, 0) is 0 Å². The molecule has 1 atom stereocenters. The van der Waals surface area contributed by atoms with Gasteiger partial charge in [0, 0.05) is 0 Å². The fraction of sp³-hybridized carbons (Fsp3) is 0.400. The van der Waals surface area contributed by atoms with Gasteiger partial charge in [0.25, 0.3) is 0 Å². The zero-order chi connectivity index (χ0) is 8.27. The van der Waals surface area contributed by atoms with Crippen molar-refractivity contribution in [3.63, 3.8) is 0 Å². The number of carbonyl (C=O) groups excluding carboxylic acids is 1. The molecule has 0 spiro atoms. The van der Waals surface area contributed by atoms with Crippen LogP contribution in [0.4, 0.5) is 0 Å². The zero-order valence-corrected chi connectivity index (χ0v) is 5.94. The quantitative estimate of drug-likeness (QED) is 0.534. The molecule has 0 aliphatic rings. The van der Waals surface area contributed by atoms with Crippen LogP contribution in [0.15, 0.2) is 6.20 Å². The number of hydrogen-bond acceptors (Lipinski definition) is 5. The van der Waals surface area contributed by atoms with E-state index in [2.05, 4.69) is 20.1 Å². The van der Waals surface area contributed by atoms with E-state index in [9.17, 15) is 4.79 Å². The van der Waals surface area contributed by atoms with Gasteiger partial charge in [0.2, 0.25) is 0 Å². The molecule has 6 heteroatoms. The maximum atomic E-state index is 10.8. The Bertz CT molecular complexity index is 233. The average molecular weight is 156 g/mol. The normalized spacial score (nSPS) is 12.5. The molecule has 0 aliphatic heterocycles.